The predicted octanol–water partition coefficient (Wildman–Crippen LogP) is 11.3. The van der Waals surface area contributed by atoms with Gasteiger partial charge in [0, 0.05) is 23.0 Å². The third kappa shape index (κ3) is 5.42. The molecule has 0 fully saturated rings. The Kier molecular flexibility index (Phi) is 6.74. The van der Waals surface area contributed by atoms with E-state index in [0.29, 0.717) is 22.7 Å². The molecule has 0 radical (unpaired) electrons. The van der Waals surface area contributed by atoms with Crippen LogP contribution in [-0.2, 0) is 12.4 Å². The van der Waals surface area contributed by atoms with Crippen molar-refractivity contribution in [1.82, 2.24) is 14.1 Å². The topological polar surface area (TPSA) is 35.9 Å². The first kappa shape index (κ1) is 28.3. The Morgan fingerprint density at radius 3 is 2.00 bits per heavy atom. The van der Waals surface area contributed by atoms with Crippen LogP contribution >= 0.6 is 0 Å². The molecule has 0 N–H and O–H groups in total. The summed E-state index contributed by atoms with van der Waals surface area (Å²) < 4.78 is 38.0. The summed E-state index contributed by atoms with van der Waals surface area (Å²) in [6, 6.07) is 50.2. The zero-order valence-corrected chi connectivity index (χ0v) is 29.2. The van der Waals surface area contributed by atoms with E-state index < -0.39 is 6.98 Å². The summed E-state index contributed by atoms with van der Waals surface area (Å²) in [5, 5.41) is 5.92. The van der Waals surface area contributed by atoms with Crippen molar-refractivity contribution < 1.29 is 13.4 Å². The van der Waals surface area contributed by atoms with Gasteiger partial charge in [0.15, 0.2) is 0 Å². The number of aryl methyl sites for hydroxylation is 1. The standard InChI is InChI=1S/C47H38N4O/c1-47(2,3)32-26-27-48-46(28-32)51-44-23-12-9-20-40(44)41-25-24-35(30-45(41)51)52-34-15-13-14-33(29-34)50-31-49(4)42-21-10-7-18-38(42)36-16-5-6-17-37(36)39-19-8-11-22-43(39)50/h5-30H,1-4H3/i4D3. The van der Waals surface area contributed by atoms with E-state index in [1.807, 2.05) is 102 Å². The van der Waals surface area contributed by atoms with Gasteiger partial charge in [-0.2, -0.15) is 0 Å². The summed E-state index contributed by atoms with van der Waals surface area (Å²) in [5.41, 5.74) is 5.21. The highest BCUT2D eigenvalue weighted by Gasteiger charge is 2.18. The molecule has 5 heteroatoms. The second-order valence-electron chi connectivity index (χ2n) is 14.1. The highest BCUT2D eigenvalue weighted by molar-refractivity contribution is 6.13. The minimum Gasteiger partial charge on any atom is -0.458 e. The summed E-state index contributed by atoms with van der Waals surface area (Å²) in [6.45, 7) is 4.09. The Balaban J connectivity index is 1.24. The van der Waals surface area contributed by atoms with Gasteiger partial charge in [-0.15, -0.1) is 0 Å². The van der Waals surface area contributed by atoms with Crippen molar-refractivity contribution >= 4 is 54.4 Å². The molecule has 0 aliphatic carbocycles. The number of rotatable bonds is 4. The van der Waals surface area contributed by atoms with Gasteiger partial charge in [-0.1, -0.05) is 124 Å². The van der Waals surface area contributed by atoms with Crippen LogP contribution in [0.25, 0.3) is 65.9 Å². The molecule has 0 saturated heterocycles. The maximum Gasteiger partial charge on any atom is 0.245 e. The SMILES string of the molecule is [2H]C([2H])([2H])[n+]1[c-]n(-c2cccc(Oc3ccc4c5ccccc5n(-c5cc(C(C)(C)C)ccn5)c4c3)c2)c2ccccc2c2ccccc2c2ccccc21. The molecule has 52 heavy (non-hydrogen) atoms. The molecular formula is C47H38N4O. The number of para-hydroxylation sites is 3. The van der Waals surface area contributed by atoms with E-state index in [4.69, 9.17) is 13.8 Å². The van der Waals surface area contributed by atoms with Crippen molar-refractivity contribution in [2.45, 2.75) is 26.2 Å². The van der Waals surface area contributed by atoms with Gasteiger partial charge in [0.25, 0.3) is 0 Å². The molecule has 0 amide bonds. The zero-order chi connectivity index (χ0) is 37.9. The van der Waals surface area contributed by atoms with Gasteiger partial charge in [-0.3, -0.25) is 4.57 Å². The molecule has 0 bridgehead atoms. The van der Waals surface area contributed by atoms with Gasteiger partial charge >= 0.3 is 0 Å². The lowest BCUT2D eigenvalue weighted by molar-refractivity contribution is -0.652. The van der Waals surface area contributed by atoms with Crippen LogP contribution in [0.1, 0.15) is 30.4 Å². The highest BCUT2D eigenvalue weighted by atomic mass is 16.5. The number of benzene rings is 6. The first-order valence-corrected chi connectivity index (χ1v) is 17.5. The number of nitrogens with zero attached hydrogens (tertiary/aromatic N) is 4. The van der Waals surface area contributed by atoms with Crippen LogP contribution in [0.2, 0.25) is 0 Å². The maximum absolute atomic E-state index is 8.68. The third-order valence-electron chi connectivity index (χ3n) is 9.79. The zero-order valence-electron chi connectivity index (χ0n) is 32.2. The highest BCUT2D eigenvalue weighted by Crippen LogP contribution is 2.36. The second-order valence-corrected chi connectivity index (χ2v) is 14.1. The molecule has 0 atom stereocenters. The summed E-state index contributed by atoms with van der Waals surface area (Å²) in [6.07, 6.45) is 5.19. The van der Waals surface area contributed by atoms with Gasteiger partial charge in [0.2, 0.25) is 6.33 Å². The van der Waals surface area contributed by atoms with Crippen molar-refractivity contribution in [2.24, 2.45) is 6.98 Å². The van der Waals surface area contributed by atoms with E-state index in [1.54, 1.807) is 0 Å². The average molecular weight is 678 g/mol. The van der Waals surface area contributed by atoms with Gasteiger partial charge in [-0.05, 0) is 75.0 Å². The fraction of sp³-hybridized carbons (Fsp3) is 0.106. The summed E-state index contributed by atoms with van der Waals surface area (Å²) in [4.78, 5) is 4.83. The Morgan fingerprint density at radius 1 is 0.596 bits per heavy atom. The molecule has 0 spiro atoms. The Labute approximate surface area is 307 Å². The number of hydrogen-bond donors (Lipinski definition) is 0. The second kappa shape index (κ2) is 12.4. The minimum atomic E-state index is -2.54. The smallest absolute Gasteiger partial charge is 0.245 e. The Morgan fingerprint density at radius 2 is 1.23 bits per heavy atom. The molecule has 0 aliphatic heterocycles. The lowest BCUT2D eigenvalue weighted by atomic mass is 9.88. The van der Waals surface area contributed by atoms with E-state index in [0.717, 1.165) is 54.7 Å². The molecule has 6 aromatic carbocycles. The molecule has 9 rings (SSSR count). The number of fused-ring (bicyclic) bond motifs is 8. The van der Waals surface area contributed by atoms with Crippen molar-refractivity contribution in [3.8, 4) is 23.0 Å². The van der Waals surface area contributed by atoms with Gasteiger partial charge < -0.3 is 13.9 Å². The van der Waals surface area contributed by atoms with Gasteiger partial charge in [-0.25, -0.2) is 4.98 Å². The first-order valence-electron chi connectivity index (χ1n) is 19.0. The van der Waals surface area contributed by atoms with Crippen molar-refractivity contribution in [2.75, 3.05) is 0 Å². The summed E-state index contributed by atoms with van der Waals surface area (Å²) in [5.74, 6) is 2.09. The Bertz CT molecular complexity index is 3010. The van der Waals surface area contributed by atoms with Crippen LogP contribution in [0.5, 0.6) is 11.5 Å². The van der Waals surface area contributed by atoms with E-state index >= 15 is 0 Å². The number of ether oxygens (including phenoxy) is 1. The van der Waals surface area contributed by atoms with Crippen LogP contribution in [0, 0.1) is 6.33 Å². The third-order valence-corrected chi connectivity index (χ3v) is 9.79. The largest absolute Gasteiger partial charge is 0.458 e. The fourth-order valence-corrected chi connectivity index (χ4v) is 7.24. The maximum atomic E-state index is 8.68. The van der Waals surface area contributed by atoms with E-state index in [-0.39, 0.29) is 5.41 Å². The van der Waals surface area contributed by atoms with Crippen LogP contribution in [0.3, 0.4) is 0 Å². The molecular weight excluding hydrogens is 637 g/mol. The van der Waals surface area contributed by atoms with Gasteiger partial charge in [0.1, 0.15) is 17.3 Å². The molecule has 9 aromatic rings. The van der Waals surface area contributed by atoms with Crippen LogP contribution in [-0.4, -0.2) is 14.1 Å². The lowest BCUT2D eigenvalue weighted by Gasteiger charge is -2.20. The van der Waals surface area contributed by atoms with Crippen LogP contribution < -0.4 is 9.30 Å². The van der Waals surface area contributed by atoms with Crippen LogP contribution in [0.15, 0.2) is 158 Å². The minimum absolute atomic E-state index is 0.0377. The van der Waals surface area contributed by atoms with E-state index in [1.165, 1.54) is 10.1 Å². The van der Waals surface area contributed by atoms with Crippen molar-refractivity contribution in [1.29, 1.82) is 0 Å². The predicted molar refractivity (Wildman–Crippen MR) is 213 cm³/mol. The quantitative estimate of drug-likeness (QED) is 0.137. The molecule has 3 heterocycles. The number of pyridine rings is 1. The summed E-state index contributed by atoms with van der Waals surface area (Å²) in [7, 11) is 0. The van der Waals surface area contributed by atoms with Crippen molar-refractivity contribution in [3.05, 3.63) is 170 Å². The molecule has 0 unspecified atom stereocenters. The monoisotopic (exact) mass is 677 g/mol. The molecule has 3 aromatic heterocycles. The normalized spacial score (nSPS) is 12.9. The average Bonchev–Trinajstić information content (AvgIpc) is 3.53. The summed E-state index contributed by atoms with van der Waals surface area (Å²) >= 11 is 0. The molecule has 0 aliphatic rings. The Hall–Kier alpha value is -6.46. The number of hydrogen-bond acceptors (Lipinski definition) is 2. The molecule has 5 nitrogen and oxygen atoms in total. The van der Waals surface area contributed by atoms with E-state index in [2.05, 4.69) is 92.3 Å². The van der Waals surface area contributed by atoms with Gasteiger partial charge in [0.05, 0.1) is 38.8 Å². The van der Waals surface area contributed by atoms with E-state index in [9.17, 15) is 0 Å². The fourth-order valence-electron chi connectivity index (χ4n) is 7.24. The number of aromatic nitrogens is 4. The molecule has 252 valence electrons. The molecule has 0 saturated carbocycles. The lowest BCUT2D eigenvalue weighted by Crippen LogP contribution is -2.30. The van der Waals surface area contributed by atoms with Crippen LogP contribution in [0.4, 0.5) is 0 Å². The van der Waals surface area contributed by atoms with Crippen molar-refractivity contribution in [3.63, 3.8) is 0 Å². The first-order chi connectivity index (χ1) is 26.5.